The Morgan fingerprint density at radius 2 is 1.92 bits per heavy atom. The van der Waals surface area contributed by atoms with Gasteiger partial charge in [-0.05, 0) is 25.0 Å². The molecule has 3 rings (SSSR count). The molecule has 1 aromatic carbocycles. The molecule has 2 aromatic heterocycles. The highest BCUT2D eigenvalue weighted by Gasteiger charge is 2.21. The number of hydrogen-bond donors (Lipinski definition) is 0. The number of aromatic nitrogens is 2. The molecule has 5 nitrogen and oxygen atoms in total. The number of ether oxygens (including phenoxy) is 1. The van der Waals surface area contributed by atoms with Crippen molar-refractivity contribution in [2.24, 2.45) is 0 Å². The Bertz CT molecular complexity index is 823. The van der Waals surface area contributed by atoms with Crippen molar-refractivity contribution in [3.05, 3.63) is 53.2 Å². The van der Waals surface area contributed by atoms with Crippen LogP contribution in [0.25, 0.3) is 11.3 Å². The van der Waals surface area contributed by atoms with Crippen molar-refractivity contribution in [2.75, 3.05) is 7.11 Å². The Morgan fingerprint density at radius 1 is 1.17 bits per heavy atom. The summed E-state index contributed by atoms with van der Waals surface area (Å²) in [6.07, 6.45) is 4.57. The van der Waals surface area contributed by atoms with Gasteiger partial charge in [-0.3, -0.25) is 4.79 Å². The summed E-state index contributed by atoms with van der Waals surface area (Å²) in [5.41, 5.74) is 3.86. The lowest BCUT2D eigenvalue weighted by Crippen LogP contribution is -2.06. The monoisotopic (exact) mass is 344 g/mol. The highest BCUT2D eigenvalue weighted by Crippen LogP contribution is 2.32. The molecule has 6 heteroatoms. The minimum absolute atomic E-state index is 0.108. The van der Waals surface area contributed by atoms with Gasteiger partial charge >= 0.3 is 0 Å². The van der Waals surface area contributed by atoms with Gasteiger partial charge in [0.2, 0.25) is 5.06 Å². The molecular weight excluding hydrogens is 324 g/mol. The molecule has 0 fully saturated rings. The summed E-state index contributed by atoms with van der Waals surface area (Å²) in [5, 5.41) is 0.520. The van der Waals surface area contributed by atoms with Crippen LogP contribution < -0.4 is 4.74 Å². The van der Waals surface area contributed by atoms with Crippen molar-refractivity contribution in [1.82, 2.24) is 9.36 Å². The lowest BCUT2D eigenvalue weighted by Gasteiger charge is -2.11. The molecule has 3 aromatic rings. The molecule has 24 heavy (non-hydrogen) atoms. The van der Waals surface area contributed by atoms with E-state index in [4.69, 9.17) is 9.15 Å². The fraction of sp³-hybridized carbons (Fsp3) is 0.278. The van der Waals surface area contributed by atoms with E-state index in [-0.39, 0.29) is 5.78 Å². The van der Waals surface area contributed by atoms with E-state index in [0.29, 0.717) is 22.0 Å². The molecule has 0 atom stereocenters. The second-order valence-electron chi connectivity index (χ2n) is 4.86. The van der Waals surface area contributed by atoms with Crippen molar-refractivity contribution >= 4 is 17.3 Å². The summed E-state index contributed by atoms with van der Waals surface area (Å²) < 4.78 is 14.6. The number of carbonyl (C=O) groups excluding carboxylic acids is 1. The van der Waals surface area contributed by atoms with Gasteiger partial charge in [0, 0.05) is 22.7 Å². The summed E-state index contributed by atoms with van der Waals surface area (Å²) in [5.74, 6) is 0.545. The molecule has 0 saturated carbocycles. The van der Waals surface area contributed by atoms with E-state index in [1.807, 2.05) is 39.8 Å². The topological polar surface area (TPSA) is 65.2 Å². The largest absolute Gasteiger partial charge is 0.486 e. The zero-order chi connectivity index (χ0) is 17.7. The molecule has 0 radical (unpaired) electrons. The van der Waals surface area contributed by atoms with E-state index in [0.717, 1.165) is 28.2 Å². The molecule has 0 aliphatic rings. The van der Waals surface area contributed by atoms with Crippen LogP contribution in [-0.4, -0.2) is 22.3 Å². The number of hydrogen-bond acceptors (Lipinski definition) is 6. The maximum Gasteiger partial charge on any atom is 0.204 e. The fourth-order valence-electron chi connectivity index (χ4n) is 2.48. The molecule has 0 N–H and O–H groups in total. The van der Waals surface area contributed by atoms with Crippen molar-refractivity contribution in [1.29, 1.82) is 0 Å². The molecule has 0 saturated heterocycles. The third kappa shape index (κ3) is 3.23. The van der Waals surface area contributed by atoms with Gasteiger partial charge in [-0.15, -0.1) is 0 Å². The van der Waals surface area contributed by atoms with Gasteiger partial charge in [-0.2, -0.15) is 4.37 Å². The lowest BCUT2D eigenvalue weighted by molar-refractivity contribution is 0.103. The summed E-state index contributed by atoms with van der Waals surface area (Å²) in [6, 6.07) is 3.73. The summed E-state index contributed by atoms with van der Waals surface area (Å²) in [6.45, 7) is 7.89. The fourth-order valence-corrected chi connectivity index (χ4v) is 3.06. The molecule has 0 bridgehead atoms. The number of rotatable bonds is 4. The maximum absolute atomic E-state index is 12.8. The second kappa shape index (κ2) is 7.88. The van der Waals surface area contributed by atoms with E-state index in [1.54, 1.807) is 12.4 Å². The van der Waals surface area contributed by atoms with Gasteiger partial charge in [0.15, 0.2) is 17.9 Å². The van der Waals surface area contributed by atoms with Crippen LogP contribution in [0.3, 0.4) is 0 Å². The smallest absolute Gasteiger partial charge is 0.204 e. The zero-order valence-corrected chi connectivity index (χ0v) is 15.2. The predicted octanol–water partition coefficient (Wildman–Crippen LogP) is 4.68. The van der Waals surface area contributed by atoms with E-state index in [2.05, 4.69) is 9.36 Å². The standard InChI is InChI=1S/C16H14N2O3S.C2H6/c1-9-4-5-11(10(2)14(9)13-7-17-8-21-13)15(19)12-6-18-22-16(12)20-3;1-2/h4-8H,1-3H3;1-2H3. The number of benzene rings is 1. The van der Waals surface area contributed by atoms with Crippen molar-refractivity contribution < 1.29 is 13.9 Å². The van der Waals surface area contributed by atoms with Crippen LogP contribution in [0, 0.1) is 13.8 Å². The van der Waals surface area contributed by atoms with Crippen LogP contribution in [0.15, 0.2) is 35.3 Å². The Morgan fingerprint density at radius 3 is 2.54 bits per heavy atom. The van der Waals surface area contributed by atoms with Crippen LogP contribution >= 0.6 is 11.5 Å². The number of aryl methyl sites for hydroxylation is 1. The third-order valence-corrected chi connectivity index (χ3v) is 4.33. The summed E-state index contributed by atoms with van der Waals surface area (Å²) in [4.78, 5) is 16.7. The summed E-state index contributed by atoms with van der Waals surface area (Å²) >= 11 is 1.16. The van der Waals surface area contributed by atoms with Crippen molar-refractivity contribution in [2.45, 2.75) is 27.7 Å². The first-order valence-electron chi connectivity index (χ1n) is 7.66. The molecular formula is C18H20N2O3S. The Hall–Kier alpha value is -2.47. The van der Waals surface area contributed by atoms with Crippen LogP contribution in [0.1, 0.15) is 40.9 Å². The minimum Gasteiger partial charge on any atom is -0.486 e. The highest BCUT2D eigenvalue weighted by atomic mass is 32.1. The van der Waals surface area contributed by atoms with Gasteiger partial charge in [-0.25, -0.2) is 4.98 Å². The maximum atomic E-state index is 12.8. The molecule has 2 heterocycles. The normalized spacial score (nSPS) is 10.0. The average Bonchev–Trinajstić information content (AvgIpc) is 3.28. The van der Waals surface area contributed by atoms with Gasteiger partial charge < -0.3 is 9.15 Å². The second-order valence-corrected chi connectivity index (χ2v) is 5.62. The van der Waals surface area contributed by atoms with Gasteiger partial charge in [0.05, 0.1) is 25.1 Å². The number of carbonyl (C=O) groups is 1. The Labute approximate surface area is 145 Å². The van der Waals surface area contributed by atoms with Crippen LogP contribution in [0.5, 0.6) is 5.06 Å². The predicted molar refractivity (Wildman–Crippen MR) is 94.9 cm³/mol. The third-order valence-electron chi connectivity index (χ3n) is 3.56. The number of methoxy groups -OCH3 is 1. The number of nitrogens with zero attached hydrogens (tertiary/aromatic N) is 2. The van der Waals surface area contributed by atoms with Gasteiger partial charge in [0.25, 0.3) is 0 Å². The van der Waals surface area contributed by atoms with E-state index < -0.39 is 0 Å². The first-order valence-corrected chi connectivity index (χ1v) is 8.43. The average molecular weight is 344 g/mol. The van der Waals surface area contributed by atoms with Crippen LogP contribution in [-0.2, 0) is 0 Å². The van der Waals surface area contributed by atoms with E-state index in [9.17, 15) is 4.79 Å². The van der Waals surface area contributed by atoms with E-state index >= 15 is 0 Å². The van der Waals surface area contributed by atoms with Gasteiger partial charge in [-0.1, -0.05) is 26.0 Å². The highest BCUT2D eigenvalue weighted by molar-refractivity contribution is 7.08. The minimum atomic E-state index is -0.108. The molecule has 0 amide bonds. The quantitative estimate of drug-likeness (QED) is 0.643. The Balaban J connectivity index is 0.00000100. The molecule has 0 unspecified atom stereocenters. The van der Waals surface area contributed by atoms with E-state index in [1.165, 1.54) is 13.5 Å². The Kier molecular flexibility index (Phi) is 5.87. The molecule has 126 valence electrons. The lowest BCUT2D eigenvalue weighted by atomic mass is 9.92. The number of oxazole rings is 1. The SMILES string of the molecule is CC.COc1sncc1C(=O)c1ccc(C)c(-c2cnco2)c1C. The summed E-state index contributed by atoms with van der Waals surface area (Å²) in [7, 11) is 1.53. The van der Waals surface area contributed by atoms with Crippen molar-refractivity contribution in [3.8, 4) is 16.4 Å². The molecule has 0 spiro atoms. The first-order chi connectivity index (χ1) is 11.6. The van der Waals surface area contributed by atoms with Crippen LogP contribution in [0.2, 0.25) is 0 Å². The first kappa shape index (κ1) is 17.9. The zero-order valence-electron chi connectivity index (χ0n) is 14.4. The van der Waals surface area contributed by atoms with Crippen LogP contribution in [0.4, 0.5) is 0 Å². The molecule has 0 aliphatic heterocycles. The van der Waals surface area contributed by atoms with Gasteiger partial charge in [0.1, 0.15) is 0 Å². The van der Waals surface area contributed by atoms with Crippen molar-refractivity contribution in [3.63, 3.8) is 0 Å². The molecule has 0 aliphatic carbocycles. The number of ketones is 1.